The number of amides is 2. The molecule has 3 aromatic rings. The molecule has 1 aromatic carbocycles. The second kappa shape index (κ2) is 12.2. The summed E-state index contributed by atoms with van der Waals surface area (Å²) in [7, 11) is 1.54. The van der Waals surface area contributed by atoms with E-state index in [9.17, 15) is 9.59 Å². The Morgan fingerprint density at radius 3 is 2.71 bits per heavy atom. The third-order valence-electron chi connectivity index (χ3n) is 7.84. The normalized spacial score (nSPS) is 20.5. The minimum atomic E-state index is -0.644. The van der Waals surface area contributed by atoms with Crippen LogP contribution in [0.5, 0.6) is 17.4 Å². The number of nitrogens with one attached hydrogen (secondary N) is 1. The third kappa shape index (κ3) is 6.62. The molecule has 3 aliphatic rings. The van der Waals surface area contributed by atoms with E-state index in [1.165, 1.54) is 30.9 Å². The Morgan fingerprint density at radius 2 is 1.85 bits per heavy atom. The number of methoxy groups -OCH3 is 1. The van der Waals surface area contributed by atoms with E-state index < -0.39 is 6.10 Å². The fourth-order valence-electron chi connectivity index (χ4n) is 5.64. The number of carbonyl (C=O) groups is 2. The maximum absolute atomic E-state index is 12.9. The Hall–Kier alpha value is -4.12. The van der Waals surface area contributed by atoms with Gasteiger partial charge in [0, 0.05) is 50.8 Å². The summed E-state index contributed by atoms with van der Waals surface area (Å²) in [6.45, 7) is 1.70. The van der Waals surface area contributed by atoms with E-state index >= 15 is 0 Å². The highest BCUT2D eigenvalue weighted by molar-refractivity contribution is 5.94. The lowest BCUT2D eigenvalue weighted by Gasteiger charge is -2.32. The topological polar surface area (TPSA) is 117 Å². The Balaban J connectivity index is 0.932. The smallest absolute Gasteiger partial charge is 0.253 e. The first-order chi connectivity index (χ1) is 20.0. The third-order valence-corrected chi connectivity index (χ3v) is 7.84. The SMILES string of the molecule is COc1cc(O[C@@H]2CO[C@@H](C(=O)Nc3cnn(CC(=O)N4CCC(Oc5ccc6c(c5)CCC6)CC4)c3)C2)ccn1. The van der Waals surface area contributed by atoms with Gasteiger partial charge in [0.2, 0.25) is 11.8 Å². The summed E-state index contributed by atoms with van der Waals surface area (Å²) in [4.78, 5) is 31.6. The van der Waals surface area contributed by atoms with Crippen molar-refractivity contribution in [3.05, 3.63) is 60.0 Å². The maximum atomic E-state index is 12.9. The van der Waals surface area contributed by atoms with Crippen molar-refractivity contribution in [3.8, 4) is 17.4 Å². The molecule has 2 saturated heterocycles. The number of hydrogen-bond acceptors (Lipinski definition) is 8. The van der Waals surface area contributed by atoms with Crippen molar-refractivity contribution in [2.45, 2.75) is 63.4 Å². The average Bonchev–Trinajstić information content (AvgIpc) is 3.75. The number of ether oxygens (including phenoxy) is 4. The fourth-order valence-corrected chi connectivity index (χ4v) is 5.64. The molecule has 41 heavy (non-hydrogen) atoms. The fraction of sp³-hybridized carbons (Fsp3) is 0.467. The van der Waals surface area contributed by atoms with Crippen molar-refractivity contribution in [2.75, 3.05) is 32.1 Å². The van der Waals surface area contributed by atoms with Crippen LogP contribution in [-0.2, 0) is 33.7 Å². The molecule has 2 aromatic heterocycles. The molecular weight excluding hydrogens is 526 g/mol. The number of piperidine rings is 1. The molecular formula is C30H35N5O6. The maximum Gasteiger partial charge on any atom is 0.253 e. The van der Waals surface area contributed by atoms with Gasteiger partial charge in [-0.25, -0.2) is 4.98 Å². The van der Waals surface area contributed by atoms with Gasteiger partial charge in [0.1, 0.15) is 36.4 Å². The van der Waals surface area contributed by atoms with Crippen LogP contribution in [0.15, 0.2) is 48.9 Å². The van der Waals surface area contributed by atoms with E-state index in [1.807, 2.05) is 4.90 Å². The van der Waals surface area contributed by atoms with Crippen LogP contribution in [0, 0.1) is 0 Å². The van der Waals surface area contributed by atoms with Gasteiger partial charge in [-0.3, -0.25) is 14.3 Å². The number of benzene rings is 1. The van der Waals surface area contributed by atoms with Gasteiger partial charge >= 0.3 is 0 Å². The van der Waals surface area contributed by atoms with Gasteiger partial charge in [-0.2, -0.15) is 5.10 Å². The Morgan fingerprint density at radius 1 is 1.05 bits per heavy atom. The molecule has 2 atom stereocenters. The summed E-state index contributed by atoms with van der Waals surface area (Å²) in [6, 6.07) is 9.86. The number of hydrogen-bond donors (Lipinski definition) is 1. The number of rotatable bonds is 9. The number of fused-ring (bicyclic) bond motifs is 1. The number of pyridine rings is 1. The number of likely N-dealkylation sites (tertiary alicyclic amines) is 1. The van der Waals surface area contributed by atoms with Crippen molar-refractivity contribution in [3.63, 3.8) is 0 Å². The Bertz CT molecular complexity index is 1390. The minimum Gasteiger partial charge on any atom is -0.490 e. The van der Waals surface area contributed by atoms with Crippen molar-refractivity contribution < 1.29 is 28.5 Å². The average molecular weight is 562 g/mol. The highest BCUT2D eigenvalue weighted by Crippen LogP contribution is 2.28. The largest absolute Gasteiger partial charge is 0.490 e. The van der Waals surface area contributed by atoms with Gasteiger partial charge in [-0.15, -0.1) is 0 Å². The van der Waals surface area contributed by atoms with Gasteiger partial charge in [-0.1, -0.05) is 6.07 Å². The molecule has 216 valence electrons. The molecule has 11 heteroatoms. The van der Waals surface area contributed by atoms with Gasteiger partial charge in [0.05, 0.1) is 25.6 Å². The Kier molecular flexibility index (Phi) is 8.04. The lowest BCUT2D eigenvalue weighted by Crippen LogP contribution is -2.43. The summed E-state index contributed by atoms with van der Waals surface area (Å²) < 4.78 is 24.5. The van der Waals surface area contributed by atoms with E-state index in [0.717, 1.165) is 31.4 Å². The van der Waals surface area contributed by atoms with Crippen molar-refractivity contribution in [2.24, 2.45) is 0 Å². The highest BCUT2D eigenvalue weighted by Gasteiger charge is 2.33. The monoisotopic (exact) mass is 561 g/mol. The van der Waals surface area contributed by atoms with E-state index in [1.54, 1.807) is 29.2 Å². The highest BCUT2D eigenvalue weighted by atomic mass is 16.6. The van der Waals surface area contributed by atoms with E-state index in [4.69, 9.17) is 18.9 Å². The van der Waals surface area contributed by atoms with Crippen LogP contribution in [0.4, 0.5) is 5.69 Å². The molecule has 2 amide bonds. The predicted octanol–water partition coefficient (Wildman–Crippen LogP) is 3.02. The van der Waals surface area contributed by atoms with E-state index in [-0.39, 0.29) is 30.6 Å². The molecule has 2 aliphatic heterocycles. The van der Waals surface area contributed by atoms with Crippen LogP contribution >= 0.6 is 0 Å². The summed E-state index contributed by atoms with van der Waals surface area (Å²) in [5.74, 6) is 1.71. The molecule has 1 aliphatic carbocycles. The van der Waals surface area contributed by atoms with Crippen molar-refractivity contribution in [1.29, 1.82) is 0 Å². The molecule has 1 N–H and O–H groups in total. The number of carbonyl (C=O) groups excluding carboxylic acids is 2. The first-order valence-corrected chi connectivity index (χ1v) is 14.2. The number of anilines is 1. The summed E-state index contributed by atoms with van der Waals surface area (Å²) in [5.41, 5.74) is 3.35. The molecule has 0 spiro atoms. The molecule has 0 saturated carbocycles. The minimum absolute atomic E-state index is 0.00573. The zero-order chi connectivity index (χ0) is 28.2. The predicted molar refractivity (Wildman–Crippen MR) is 149 cm³/mol. The van der Waals surface area contributed by atoms with Crippen molar-refractivity contribution >= 4 is 17.5 Å². The van der Waals surface area contributed by atoms with Crippen LogP contribution in [0.3, 0.4) is 0 Å². The van der Waals surface area contributed by atoms with Crippen LogP contribution < -0.4 is 19.5 Å². The second-order valence-electron chi connectivity index (χ2n) is 10.7. The number of aryl methyl sites for hydroxylation is 2. The Labute approximate surface area is 238 Å². The van der Waals surface area contributed by atoms with Crippen LogP contribution in [0.1, 0.15) is 36.8 Å². The molecule has 0 radical (unpaired) electrons. The molecule has 2 fully saturated rings. The number of aromatic nitrogens is 3. The van der Waals surface area contributed by atoms with Crippen LogP contribution in [0.2, 0.25) is 0 Å². The van der Waals surface area contributed by atoms with Gasteiger partial charge in [-0.05, 0) is 48.6 Å². The van der Waals surface area contributed by atoms with Gasteiger partial charge < -0.3 is 29.2 Å². The quantitative estimate of drug-likeness (QED) is 0.424. The summed E-state index contributed by atoms with van der Waals surface area (Å²) in [5, 5.41) is 7.09. The zero-order valence-electron chi connectivity index (χ0n) is 23.2. The first kappa shape index (κ1) is 27.1. The van der Waals surface area contributed by atoms with E-state index in [2.05, 4.69) is 33.6 Å². The number of nitrogens with zero attached hydrogens (tertiary/aromatic N) is 4. The molecule has 11 nitrogen and oxygen atoms in total. The molecule has 4 heterocycles. The second-order valence-corrected chi connectivity index (χ2v) is 10.7. The lowest BCUT2D eigenvalue weighted by atomic mass is 10.1. The zero-order valence-corrected chi connectivity index (χ0v) is 23.2. The van der Waals surface area contributed by atoms with Gasteiger partial charge in [0.15, 0.2) is 0 Å². The standard InChI is InChI=1S/C30H35N5O6/c1-38-28-15-25(7-10-31-28)41-26-14-27(39-19-26)30(37)33-22-16-32-35(17-22)18-29(36)34-11-8-23(9-12-34)40-24-6-5-20-3-2-4-21(20)13-24/h5-7,10,13,15-17,23,26-27H,2-4,8-9,11-12,14,18-19H2,1H3,(H,33,37)/t26-,27+/m0/s1. The van der Waals surface area contributed by atoms with E-state index in [0.29, 0.717) is 43.4 Å². The van der Waals surface area contributed by atoms with Gasteiger partial charge in [0.25, 0.3) is 5.91 Å². The lowest BCUT2D eigenvalue weighted by molar-refractivity contribution is -0.133. The first-order valence-electron chi connectivity index (χ1n) is 14.2. The summed E-state index contributed by atoms with van der Waals surface area (Å²) >= 11 is 0. The van der Waals surface area contributed by atoms with Crippen LogP contribution in [0.25, 0.3) is 0 Å². The molecule has 6 rings (SSSR count). The van der Waals surface area contributed by atoms with Crippen molar-refractivity contribution in [1.82, 2.24) is 19.7 Å². The summed E-state index contributed by atoms with van der Waals surface area (Å²) in [6.07, 6.45) is 9.51. The van der Waals surface area contributed by atoms with Crippen LogP contribution in [-0.4, -0.2) is 76.6 Å². The molecule has 0 unspecified atom stereocenters. The molecule has 0 bridgehead atoms.